The third kappa shape index (κ3) is 10.0. The molecule has 0 aliphatic carbocycles. The predicted octanol–water partition coefficient (Wildman–Crippen LogP) is 7.01. The predicted molar refractivity (Wildman–Crippen MR) is 130 cm³/mol. The first-order valence-electron chi connectivity index (χ1n) is 10.9. The van der Waals surface area contributed by atoms with Gasteiger partial charge in [-0.2, -0.15) is 0 Å². The van der Waals surface area contributed by atoms with Gasteiger partial charge in [-0.15, -0.1) is 5.54 Å². The number of aldehydes is 1. The summed E-state index contributed by atoms with van der Waals surface area (Å²) in [6, 6.07) is 3.43. The number of carbonyl (C=O) groups is 1. The maximum atomic E-state index is 11.1. The fourth-order valence-electron chi connectivity index (χ4n) is 3.64. The first-order chi connectivity index (χ1) is 12.9. The van der Waals surface area contributed by atoms with Crippen LogP contribution in [0.5, 0.6) is 0 Å². The van der Waals surface area contributed by atoms with Crippen LogP contribution >= 0.6 is 0 Å². The van der Waals surface area contributed by atoms with E-state index in [4.69, 9.17) is 4.43 Å². The van der Waals surface area contributed by atoms with E-state index < -0.39 is 16.4 Å². The van der Waals surface area contributed by atoms with E-state index in [1.165, 1.54) is 5.57 Å². The molecule has 2 nitrogen and oxygen atoms in total. The van der Waals surface area contributed by atoms with E-state index in [-0.39, 0.29) is 12.0 Å². The lowest BCUT2D eigenvalue weighted by atomic mass is 9.88. The lowest BCUT2D eigenvalue weighted by molar-refractivity contribution is -0.104. The molecule has 0 heterocycles. The van der Waals surface area contributed by atoms with Crippen LogP contribution in [0.15, 0.2) is 23.3 Å². The highest BCUT2D eigenvalue weighted by atomic mass is 28.4. The van der Waals surface area contributed by atoms with Gasteiger partial charge in [0.1, 0.15) is 14.4 Å². The van der Waals surface area contributed by atoms with Crippen LogP contribution in [0.1, 0.15) is 54.9 Å². The summed E-state index contributed by atoms with van der Waals surface area (Å²) in [6.45, 7) is 22.2. The highest BCUT2D eigenvalue weighted by molar-refractivity contribution is 6.83. The van der Waals surface area contributed by atoms with Gasteiger partial charge in [-0.25, -0.2) is 0 Å². The van der Waals surface area contributed by atoms with Gasteiger partial charge in [0.05, 0.1) is 6.10 Å². The van der Waals surface area contributed by atoms with E-state index in [0.717, 1.165) is 36.4 Å². The quantitative estimate of drug-likeness (QED) is 0.155. The standard InChI is InChI=1S/C24H44O2Si2/c1-11-28(12-2,13-3)26-24(23(7)18-21(5)19-25)22(6)17-20(4)15-14-16-27(8,9)10/h15,18-19,22-24H,11-13,17H2,1-10H3/b20-15+,21-18+/t22-,23+,24-/m0/s1. The third-order valence-corrected chi connectivity index (χ3v) is 11.1. The second kappa shape index (κ2) is 12.6. The smallest absolute Gasteiger partial charge is 0.192 e. The van der Waals surface area contributed by atoms with Crippen LogP contribution in [0.4, 0.5) is 0 Å². The van der Waals surface area contributed by atoms with E-state index in [1.807, 2.05) is 6.92 Å². The van der Waals surface area contributed by atoms with Crippen LogP contribution in [-0.2, 0) is 9.22 Å². The molecule has 3 atom stereocenters. The Hall–Kier alpha value is -0.896. The molecule has 0 aromatic heterocycles. The molecule has 0 saturated heterocycles. The minimum atomic E-state index is -1.73. The molecule has 28 heavy (non-hydrogen) atoms. The Morgan fingerprint density at radius 2 is 1.57 bits per heavy atom. The zero-order valence-corrected chi connectivity index (χ0v) is 22.1. The number of rotatable bonds is 11. The Morgan fingerprint density at radius 3 is 2.00 bits per heavy atom. The molecule has 0 amide bonds. The summed E-state index contributed by atoms with van der Waals surface area (Å²) in [7, 11) is -3.07. The van der Waals surface area contributed by atoms with E-state index in [2.05, 4.69) is 84.8 Å². The van der Waals surface area contributed by atoms with Gasteiger partial charge in [0, 0.05) is 0 Å². The molecule has 0 saturated carbocycles. The summed E-state index contributed by atoms with van der Waals surface area (Å²) >= 11 is 0. The zero-order chi connectivity index (χ0) is 22.0. The van der Waals surface area contributed by atoms with Crippen LogP contribution in [-0.4, -0.2) is 28.8 Å². The Labute approximate surface area is 177 Å². The average molecular weight is 421 g/mol. The molecule has 0 spiro atoms. The molecule has 0 unspecified atom stereocenters. The number of allylic oxidation sites excluding steroid dienone is 3. The van der Waals surface area contributed by atoms with Crippen molar-refractivity contribution in [1.82, 2.24) is 0 Å². The minimum Gasteiger partial charge on any atom is -0.413 e. The van der Waals surface area contributed by atoms with Crippen LogP contribution < -0.4 is 0 Å². The van der Waals surface area contributed by atoms with Gasteiger partial charge in [0.25, 0.3) is 0 Å². The van der Waals surface area contributed by atoms with Crippen molar-refractivity contribution < 1.29 is 9.22 Å². The second-order valence-corrected chi connectivity index (χ2v) is 18.9. The Morgan fingerprint density at radius 1 is 1.04 bits per heavy atom. The van der Waals surface area contributed by atoms with Crippen LogP contribution in [0.3, 0.4) is 0 Å². The van der Waals surface area contributed by atoms with Crippen molar-refractivity contribution in [3.63, 3.8) is 0 Å². The zero-order valence-electron chi connectivity index (χ0n) is 20.1. The molecule has 0 N–H and O–H groups in total. The maximum absolute atomic E-state index is 11.1. The number of hydrogen-bond acceptors (Lipinski definition) is 2. The van der Waals surface area contributed by atoms with Gasteiger partial charge < -0.3 is 4.43 Å². The van der Waals surface area contributed by atoms with E-state index >= 15 is 0 Å². The number of hydrogen-bond donors (Lipinski definition) is 0. The SMILES string of the molecule is CC[Si](CC)(CC)O[C@H]([C@H](C)/C=C(\C)C=O)[C@@H](C)C/C(C)=C/C#C[Si](C)(C)C. The largest absolute Gasteiger partial charge is 0.413 e. The summed E-state index contributed by atoms with van der Waals surface area (Å²) in [5.74, 6) is 3.88. The number of carbonyl (C=O) groups excluding carboxylic acids is 1. The van der Waals surface area contributed by atoms with Crippen LogP contribution in [0, 0.1) is 23.3 Å². The molecular formula is C24H44O2Si2. The summed E-state index contributed by atoms with van der Waals surface area (Å²) in [5.41, 5.74) is 5.52. The van der Waals surface area contributed by atoms with E-state index in [9.17, 15) is 4.79 Å². The van der Waals surface area contributed by atoms with Gasteiger partial charge >= 0.3 is 0 Å². The monoisotopic (exact) mass is 420 g/mol. The average Bonchev–Trinajstić information content (AvgIpc) is 2.61. The molecule has 160 valence electrons. The molecule has 0 aliphatic rings. The molecule has 0 aliphatic heterocycles. The van der Waals surface area contributed by atoms with Gasteiger partial charge in [0.15, 0.2) is 8.32 Å². The second-order valence-electron chi connectivity index (χ2n) is 9.41. The Kier molecular flexibility index (Phi) is 12.2. The van der Waals surface area contributed by atoms with Gasteiger partial charge in [0.2, 0.25) is 0 Å². The normalized spacial score (nSPS) is 16.8. The van der Waals surface area contributed by atoms with Crippen molar-refractivity contribution in [3.05, 3.63) is 23.3 Å². The summed E-state index contributed by atoms with van der Waals surface area (Å²) in [4.78, 5) is 11.1. The fraction of sp³-hybridized carbons (Fsp3) is 0.708. The van der Waals surface area contributed by atoms with Gasteiger partial charge in [-0.05, 0) is 61.9 Å². The highest BCUT2D eigenvalue weighted by Crippen LogP contribution is 2.32. The fourth-order valence-corrected chi connectivity index (χ4v) is 7.17. The van der Waals surface area contributed by atoms with Crippen molar-refractivity contribution in [2.45, 2.75) is 98.8 Å². The first-order valence-corrected chi connectivity index (χ1v) is 17.0. The first kappa shape index (κ1) is 27.1. The van der Waals surface area contributed by atoms with Crippen molar-refractivity contribution in [2.75, 3.05) is 0 Å². The van der Waals surface area contributed by atoms with Crippen molar-refractivity contribution >= 4 is 22.7 Å². The Bertz CT molecular complexity index is 590. The van der Waals surface area contributed by atoms with E-state index in [0.29, 0.717) is 5.92 Å². The molecule has 0 aromatic carbocycles. The van der Waals surface area contributed by atoms with Gasteiger partial charge in [-0.3, -0.25) is 4.79 Å². The summed E-state index contributed by atoms with van der Waals surface area (Å²) in [6.07, 6.45) is 6.23. The Balaban J connectivity index is 5.61. The maximum Gasteiger partial charge on any atom is 0.192 e. The lowest BCUT2D eigenvalue weighted by Gasteiger charge is -2.38. The lowest BCUT2D eigenvalue weighted by Crippen LogP contribution is -2.44. The molecule has 0 aromatic rings. The molecular weight excluding hydrogens is 376 g/mol. The van der Waals surface area contributed by atoms with Crippen molar-refractivity contribution in [1.29, 1.82) is 0 Å². The molecule has 0 fully saturated rings. The van der Waals surface area contributed by atoms with Gasteiger partial charge in [-0.1, -0.05) is 71.8 Å². The topological polar surface area (TPSA) is 26.3 Å². The van der Waals surface area contributed by atoms with Crippen molar-refractivity contribution in [3.8, 4) is 11.5 Å². The highest BCUT2D eigenvalue weighted by Gasteiger charge is 2.35. The van der Waals surface area contributed by atoms with Crippen LogP contribution in [0.2, 0.25) is 37.8 Å². The molecule has 0 radical (unpaired) electrons. The van der Waals surface area contributed by atoms with Crippen LogP contribution in [0.25, 0.3) is 0 Å². The summed E-state index contributed by atoms with van der Waals surface area (Å²) < 4.78 is 6.94. The molecule has 4 heteroatoms. The molecule has 0 rings (SSSR count). The molecule has 0 bridgehead atoms. The van der Waals surface area contributed by atoms with E-state index in [1.54, 1.807) is 0 Å². The van der Waals surface area contributed by atoms with Crippen molar-refractivity contribution in [2.24, 2.45) is 11.8 Å². The third-order valence-electron chi connectivity index (χ3n) is 5.52. The minimum absolute atomic E-state index is 0.134. The summed E-state index contributed by atoms with van der Waals surface area (Å²) in [5, 5.41) is 0.